The second kappa shape index (κ2) is 6.09. The molecule has 2 atom stereocenters. The highest BCUT2D eigenvalue weighted by molar-refractivity contribution is 5.23. The van der Waals surface area contributed by atoms with Crippen molar-refractivity contribution in [2.75, 3.05) is 12.3 Å². The van der Waals surface area contributed by atoms with Gasteiger partial charge in [0.25, 0.3) is 0 Å². The summed E-state index contributed by atoms with van der Waals surface area (Å²) in [6, 6.07) is 1.40. The third-order valence-corrected chi connectivity index (χ3v) is 2.56. The quantitative estimate of drug-likeness (QED) is 0.631. The van der Waals surface area contributed by atoms with Crippen LogP contribution in [0.5, 0.6) is 0 Å². The monoisotopic (exact) mass is 275 g/mol. The zero-order chi connectivity index (χ0) is 14.6. The van der Waals surface area contributed by atoms with Gasteiger partial charge in [0.15, 0.2) is 0 Å². The lowest BCUT2D eigenvalue weighted by Crippen LogP contribution is -2.45. The minimum absolute atomic E-state index is 0.0740. The topological polar surface area (TPSA) is 111 Å². The van der Waals surface area contributed by atoms with Gasteiger partial charge in [0.2, 0.25) is 0 Å². The number of halogens is 1. The molecule has 8 heteroatoms. The molecule has 0 amide bonds. The van der Waals surface area contributed by atoms with Crippen LogP contribution in [0, 0.1) is 0 Å². The van der Waals surface area contributed by atoms with E-state index < -0.39 is 30.2 Å². The van der Waals surface area contributed by atoms with Crippen LogP contribution in [0.1, 0.15) is 13.8 Å². The molecule has 1 unspecified atom stereocenters. The van der Waals surface area contributed by atoms with Crippen LogP contribution in [-0.2, 0) is 11.5 Å². The SMILES string of the molecule is CC(C)(F)[C@H](O)C(CO)OCn1ccc(N)nc1=O. The molecule has 7 nitrogen and oxygen atoms in total. The molecule has 1 aromatic heterocycles. The number of nitrogen functional groups attached to an aromatic ring is 1. The standard InChI is InChI=1S/C11H18FN3O4/c1-11(2,12)9(17)7(5-16)19-6-15-4-3-8(13)14-10(15)18/h3-4,7,9,16-17H,5-6H2,1-2H3,(H2,13,14,18)/t7?,9-/m1/s1. The molecule has 108 valence electrons. The number of nitrogens with zero attached hydrogens (tertiary/aromatic N) is 2. The second-order valence-corrected chi connectivity index (χ2v) is 4.63. The summed E-state index contributed by atoms with van der Waals surface area (Å²) >= 11 is 0. The van der Waals surface area contributed by atoms with Crippen molar-refractivity contribution in [3.05, 3.63) is 22.7 Å². The van der Waals surface area contributed by atoms with E-state index in [0.717, 1.165) is 4.57 Å². The van der Waals surface area contributed by atoms with E-state index in [-0.39, 0.29) is 12.5 Å². The fraction of sp³-hybridized carbons (Fsp3) is 0.636. The highest BCUT2D eigenvalue weighted by Gasteiger charge is 2.34. The maximum absolute atomic E-state index is 13.5. The number of aliphatic hydroxyl groups is 2. The van der Waals surface area contributed by atoms with Gasteiger partial charge in [-0.2, -0.15) is 4.98 Å². The number of hydrogen-bond donors (Lipinski definition) is 3. The Bertz CT molecular complexity index is 472. The van der Waals surface area contributed by atoms with E-state index in [9.17, 15) is 14.3 Å². The summed E-state index contributed by atoms with van der Waals surface area (Å²) in [4.78, 5) is 14.9. The lowest BCUT2D eigenvalue weighted by atomic mass is 9.99. The van der Waals surface area contributed by atoms with Crippen LogP contribution in [-0.4, -0.2) is 44.2 Å². The fourth-order valence-electron chi connectivity index (χ4n) is 1.40. The van der Waals surface area contributed by atoms with Gasteiger partial charge in [0.1, 0.15) is 30.4 Å². The van der Waals surface area contributed by atoms with Crippen molar-refractivity contribution < 1.29 is 19.3 Å². The van der Waals surface area contributed by atoms with E-state index in [2.05, 4.69) is 4.98 Å². The first-order valence-electron chi connectivity index (χ1n) is 5.68. The average Bonchev–Trinajstić information content (AvgIpc) is 2.30. The van der Waals surface area contributed by atoms with Gasteiger partial charge >= 0.3 is 5.69 Å². The molecule has 19 heavy (non-hydrogen) atoms. The van der Waals surface area contributed by atoms with Crippen molar-refractivity contribution >= 4 is 5.82 Å². The molecule has 0 bridgehead atoms. The highest BCUT2D eigenvalue weighted by Crippen LogP contribution is 2.19. The Hall–Kier alpha value is -1.51. The van der Waals surface area contributed by atoms with Crippen LogP contribution in [0.15, 0.2) is 17.1 Å². The Balaban J connectivity index is 2.71. The number of anilines is 1. The van der Waals surface area contributed by atoms with E-state index in [0.29, 0.717) is 0 Å². The van der Waals surface area contributed by atoms with Crippen LogP contribution in [0.25, 0.3) is 0 Å². The molecule has 1 rings (SSSR count). The van der Waals surface area contributed by atoms with Gasteiger partial charge < -0.3 is 20.7 Å². The third-order valence-electron chi connectivity index (χ3n) is 2.56. The summed E-state index contributed by atoms with van der Waals surface area (Å²) in [6.45, 7) is 1.48. The van der Waals surface area contributed by atoms with Crippen molar-refractivity contribution in [1.82, 2.24) is 9.55 Å². The van der Waals surface area contributed by atoms with Gasteiger partial charge in [-0.05, 0) is 19.9 Å². The molecular formula is C11H18FN3O4. The summed E-state index contributed by atoms with van der Waals surface area (Å²) in [7, 11) is 0. The van der Waals surface area contributed by atoms with E-state index in [4.69, 9.17) is 15.6 Å². The number of nitrogens with two attached hydrogens (primary N) is 1. The molecule has 0 saturated carbocycles. The summed E-state index contributed by atoms with van der Waals surface area (Å²) < 4.78 is 19.7. The third kappa shape index (κ3) is 4.27. The van der Waals surface area contributed by atoms with E-state index in [1.54, 1.807) is 0 Å². The lowest BCUT2D eigenvalue weighted by molar-refractivity contribution is -0.130. The van der Waals surface area contributed by atoms with Crippen molar-refractivity contribution in [1.29, 1.82) is 0 Å². The second-order valence-electron chi connectivity index (χ2n) is 4.63. The van der Waals surface area contributed by atoms with Gasteiger partial charge in [0.05, 0.1) is 6.61 Å². The molecule has 0 radical (unpaired) electrons. The zero-order valence-electron chi connectivity index (χ0n) is 10.8. The summed E-state index contributed by atoms with van der Waals surface area (Å²) in [5.41, 5.74) is 2.75. The largest absolute Gasteiger partial charge is 0.394 e. The number of aliphatic hydroxyl groups excluding tert-OH is 2. The predicted octanol–water partition coefficient (Wildman–Crippen LogP) is -0.731. The minimum Gasteiger partial charge on any atom is -0.394 e. The predicted molar refractivity (Wildman–Crippen MR) is 66.1 cm³/mol. The van der Waals surface area contributed by atoms with Crippen LogP contribution in [0.4, 0.5) is 10.2 Å². The zero-order valence-corrected chi connectivity index (χ0v) is 10.8. The number of rotatable bonds is 6. The first kappa shape index (κ1) is 15.5. The maximum Gasteiger partial charge on any atom is 0.351 e. The Morgan fingerprint density at radius 3 is 2.74 bits per heavy atom. The van der Waals surface area contributed by atoms with E-state index in [1.807, 2.05) is 0 Å². The van der Waals surface area contributed by atoms with Crippen LogP contribution in [0.2, 0.25) is 0 Å². The minimum atomic E-state index is -1.93. The Morgan fingerprint density at radius 2 is 2.26 bits per heavy atom. The van der Waals surface area contributed by atoms with Crippen molar-refractivity contribution in [3.8, 4) is 0 Å². The maximum atomic E-state index is 13.5. The number of ether oxygens (including phenoxy) is 1. The molecule has 4 N–H and O–H groups in total. The molecule has 0 aliphatic carbocycles. The van der Waals surface area contributed by atoms with Gasteiger partial charge in [-0.25, -0.2) is 9.18 Å². The molecule has 0 spiro atoms. The van der Waals surface area contributed by atoms with Crippen LogP contribution in [0.3, 0.4) is 0 Å². The van der Waals surface area contributed by atoms with Crippen LogP contribution >= 0.6 is 0 Å². The average molecular weight is 275 g/mol. The molecule has 0 fully saturated rings. The summed E-state index contributed by atoms with van der Waals surface area (Å²) in [5, 5.41) is 18.7. The van der Waals surface area contributed by atoms with Gasteiger partial charge in [0, 0.05) is 6.20 Å². The first-order chi connectivity index (χ1) is 8.75. The molecule has 1 aromatic rings. The van der Waals surface area contributed by atoms with Gasteiger partial charge in [-0.3, -0.25) is 4.57 Å². The number of alkyl halides is 1. The highest BCUT2D eigenvalue weighted by atomic mass is 19.1. The molecule has 0 aromatic carbocycles. The fourth-order valence-corrected chi connectivity index (χ4v) is 1.40. The Kier molecular flexibility index (Phi) is 4.98. The molecule has 0 aliphatic rings. The van der Waals surface area contributed by atoms with E-state index in [1.165, 1.54) is 26.1 Å². The Morgan fingerprint density at radius 1 is 1.63 bits per heavy atom. The Labute approximate surface area is 109 Å². The molecule has 0 aliphatic heterocycles. The van der Waals surface area contributed by atoms with E-state index >= 15 is 0 Å². The smallest absolute Gasteiger partial charge is 0.351 e. The summed E-state index contributed by atoms with van der Waals surface area (Å²) in [5.74, 6) is 0.0740. The van der Waals surface area contributed by atoms with Crippen molar-refractivity contribution in [3.63, 3.8) is 0 Å². The molecular weight excluding hydrogens is 257 g/mol. The van der Waals surface area contributed by atoms with Crippen LogP contribution < -0.4 is 11.4 Å². The van der Waals surface area contributed by atoms with Crippen molar-refractivity contribution in [2.24, 2.45) is 0 Å². The van der Waals surface area contributed by atoms with Gasteiger partial charge in [-0.15, -0.1) is 0 Å². The molecule has 0 saturated heterocycles. The lowest BCUT2D eigenvalue weighted by Gasteiger charge is -2.28. The first-order valence-corrected chi connectivity index (χ1v) is 5.68. The summed E-state index contributed by atoms with van der Waals surface area (Å²) in [6.07, 6.45) is -1.31. The normalized spacial score (nSPS) is 15.2. The van der Waals surface area contributed by atoms with Gasteiger partial charge in [-0.1, -0.05) is 0 Å². The molecule has 1 heterocycles. The number of aromatic nitrogens is 2. The number of hydrogen-bond acceptors (Lipinski definition) is 6. The van der Waals surface area contributed by atoms with Crippen molar-refractivity contribution in [2.45, 2.75) is 38.5 Å².